The minimum atomic E-state index is -0.739. The molecule has 18 heavy (non-hydrogen) atoms. The molecule has 1 aliphatic heterocycles. The predicted molar refractivity (Wildman–Crippen MR) is 65.8 cm³/mol. The van der Waals surface area contributed by atoms with Crippen LogP contribution in [0.3, 0.4) is 0 Å². The van der Waals surface area contributed by atoms with Gasteiger partial charge >= 0.3 is 5.97 Å². The van der Waals surface area contributed by atoms with E-state index < -0.39 is 5.97 Å². The Balaban J connectivity index is 2.06. The number of rotatable bonds is 4. The Bertz CT molecular complexity index is 458. The molecule has 1 unspecified atom stereocenters. The molecule has 1 N–H and O–H groups in total. The molecule has 1 fully saturated rings. The van der Waals surface area contributed by atoms with Gasteiger partial charge in [-0.15, -0.1) is 0 Å². The lowest BCUT2D eigenvalue weighted by molar-refractivity contribution is -0.143. The van der Waals surface area contributed by atoms with E-state index in [9.17, 15) is 4.79 Å². The van der Waals surface area contributed by atoms with Crippen LogP contribution < -0.4 is 9.64 Å². The zero-order chi connectivity index (χ0) is 13.3. The van der Waals surface area contributed by atoms with Gasteiger partial charge in [0.25, 0.3) is 0 Å². The molecule has 2 rings (SSSR count). The van der Waals surface area contributed by atoms with E-state index >= 15 is 0 Å². The molecule has 0 amide bonds. The highest BCUT2D eigenvalue weighted by molar-refractivity contribution is 5.70. The first-order valence-corrected chi connectivity index (χ1v) is 5.88. The average Bonchev–Trinajstić information content (AvgIpc) is 2.29. The van der Waals surface area contributed by atoms with Gasteiger partial charge in [-0.1, -0.05) is 6.92 Å². The van der Waals surface area contributed by atoms with E-state index in [1.54, 1.807) is 14.0 Å². The van der Waals surface area contributed by atoms with Gasteiger partial charge in [0.1, 0.15) is 12.1 Å². The second kappa shape index (κ2) is 4.80. The van der Waals surface area contributed by atoms with Crippen LogP contribution in [0.4, 0.5) is 5.82 Å². The van der Waals surface area contributed by atoms with Gasteiger partial charge in [0.15, 0.2) is 0 Å². The SMILES string of the molecule is COc1ncnc(N2CC(C(C)C(=O)O)C2)c1C. The minimum absolute atomic E-state index is 0.183. The fraction of sp³-hybridized carbons (Fsp3) is 0.583. The molecule has 2 heterocycles. The fourth-order valence-corrected chi connectivity index (χ4v) is 2.15. The van der Waals surface area contributed by atoms with Crippen molar-refractivity contribution in [2.75, 3.05) is 25.1 Å². The summed E-state index contributed by atoms with van der Waals surface area (Å²) in [5, 5.41) is 8.95. The van der Waals surface area contributed by atoms with Crippen molar-refractivity contribution in [1.29, 1.82) is 0 Å². The van der Waals surface area contributed by atoms with Crippen LogP contribution in [0, 0.1) is 18.8 Å². The summed E-state index contributed by atoms with van der Waals surface area (Å²) in [5.74, 6) is 0.523. The maximum absolute atomic E-state index is 10.9. The molecule has 6 heteroatoms. The lowest BCUT2D eigenvalue weighted by atomic mass is 9.87. The second-order valence-electron chi connectivity index (χ2n) is 4.62. The fourth-order valence-electron chi connectivity index (χ4n) is 2.15. The van der Waals surface area contributed by atoms with Crippen LogP contribution in [0.25, 0.3) is 0 Å². The number of nitrogens with zero attached hydrogens (tertiary/aromatic N) is 3. The first-order chi connectivity index (χ1) is 8.54. The lowest BCUT2D eigenvalue weighted by Gasteiger charge is -2.42. The zero-order valence-corrected chi connectivity index (χ0v) is 10.8. The molecule has 98 valence electrons. The number of aliphatic carboxylic acids is 1. The summed E-state index contributed by atoms with van der Waals surface area (Å²) in [6, 6.07) is 0. The molecular formula is C12H17N3O3. The highest BCUT2D eigenvalue weighted by Crippen LogP contribution is 2.32. The van der Waals surface area contributed by atoms with Crippen molar-refractivity contribution in [3.63, 3.8) is 0 Å². The molecule has 0 aromatic carbocycles. The molecule has 0 saturated carbocycles. The van der Waals surface area contributed by atoms with Crippen LogP contribution in [0.5, 0.6) is 5.88 Å². The topological polar surface area (TPSA) is 75.6 Å². The van der Waals surface area contributed by atoms with Gasteiger partial charge < -0.3 is 14.7 Å². The Kier molecular flexibility index (Phi) is 3.36. The Morgan fingerprint density at radius 2 is 2.22 bits per heavy atom. The van der Waals surface area contributed by atoms with Crippen LogP contribution in [-0.2, 0) is 4.79 Å². The standard InChI is InChI=1S/C12H17N3O3/c1-7(12(16)17)9-4-15(5-9)10-8(2)11(18-3)14-6-13-10/h6-7,9H,4-5H2,1-3H3,(H,16,17). The van der Waals surface area contributed by atoms with Crippen LogP contribution in [-0.4, -0.2) is 41.2 Å². The van der Waals surface area contributed by atoms with Gasteiger partial charge in [-0.2, -0.15) is 0 Å². The monoisotopic (exact) mass is 251 g/mol. The number of carboxylic acid groups (broad SMARTS) is 1. The van der Waals surface area contributed by atoms with Gasteiger partial charge in [-0.25, -0.2) is 9.97 Å². The van der Waals surface area contributed by atoms with E-state index in [1.165, 1.54) is 6.33 Å². The van der Waals surface area contributed by atoms with Crippen molar-refractivity contribution in [1.82, 2.24) is 9.97 Å². The zero-order valence-electron chi connectivity index (χ0n) is 10.8. The molecule has 0 bridgehead atoms. The van der Waals surface area contributed by atoms with E-state index in [-0.39, 0.29) is 11.8 Å². The summed E-state index contributed by atoms with van der Waals surface area (Å²) >= 11 is 0. The van der Waals surface area contributed by atoms with E-state index in [1.807, 2.05) is 6.92 Å². The molecule has 0 radical (unpaired) electrons. The largest absolute Gasteiger partial charge is 0.481 e. The highest BCUT2D eigenvalue weighted by atomic mass is 16.5. The molecule has 1 saturated heterocycles. The highest BCUT2D eigenvalue weighted by Gasteiger charge is 2.36. The summed E-state index contributed by atoms with van der Waals surface area (Å²) in [6.45, 7) is 5.09. The number of hydrogen-bond donors (Lipinski definition) is 1. The summed E-state index contributed by atoms with van der Waals surface area (Å²) in [7, 11) is 1.57. The van der Waals surface area contributed by atoms with E-state index in [4.69, 9.17) is 9.84 Å². The molecule has 1 aromatic heterocycles. The van der Waals surface area contributed by atoms with Gasteiger partial charge in [0.2, 0.25) is 5.88 Å². The number of methoxy groups -OCH3 is 1. The maximum atomic E-state index is 10.9. The first-order valence-electron chi connectivity index (χ1n) is 5.88. The van der Waals surface area contributed by atoms with Crippen LogP contribution in [0.1, 0.15) is 12.5 Å². The molecule has 6 nitrogen and oxygen atoms in total. The molecule has 1 aliphatic rings. The van der Waals surface area contributed by atoms with Crippen molar-refractivity contribution < 1.29 is 14.6 Å². The van der Waals surface area contributed by atoms with Crippen molar-refractivity contribution in [3.8, 4) is 5.88 Å². The van der Waals surface area contributed by atoms with Crippen molar-refractivity contribution in [2.24, 2.45) is 11.8 Å². The Hall–Kier alpha value is -1.85. The summed E-state index contributed by atoms with van der Waals surface area (Å²) < 4.78 is 5.15. The Morgan fingerprint density at radius 1 is 1.56 bits per heavy atom. The van der Waals surface area contributed by atoms with Crippen LogP contribution in [0.15, 0.2) is 6.33 Å². The predicted octanol–water partition coefficient (Wildman–Crippen LogP) is 0.951. The number of aromatic nitrogens is 2. The maximum Gasteiger partial charge on any atom is 0.306 e. The third kappa shape index (κ3) is 2.10. The van der Waals surface area contributed by atoms with Crippen molar-refractivity contribution >= 4 is 11.8 Å². The van der Waals surface area contributed by atoms with Gasteiger partial charge in [0.05, 0.1) is 18.6 Å². The minimum Gasteiger partial charge on any atom is -0.481 e. The molecular weight excluding hydrogens is 234 g/mol. The van der Waals surface area contributed by atoms with Gasteiger partial charge in [-0.05, 0) is 6.92 Å². The number of ether oxygens (including phenoxy) is 1. The Morgan fingerprint density at radius 3 is 2.78 bits per heavy atom. The first kappa shape index (κ1) is 12.6. The smallest absolute Gasteiger partial charge is 0.306 e. The molecule has 1 atom stereocenters. The van der Waals surface area contributed by atoms with E-state index in [0.29, 0.717) is 19.0 Å². The normalized spacial score (nSPS) is 17.2. The van der Waals surface area contributed by atoms with Crippen LogP contribution >= 0.6 is 0 Å². The third-order valence-corrected chi connectivity index (χ3v) is 3.51. The Labute approximate surface area is 106 Å². The summed E-state index contributed by atoms with van der Waals surface area (Å²) in [4.78, 5) is 21.2. The molecule has 1 aromatic rings. The van der Waals surface area contributed by atoms with Gasteiger partial charge in [-0.3, -0.25) is 4.79 Å². The van der Waals surface area contributed by atoms with Gasteiger partial charge in [0, 0.05) is 19.0 Å². The number of anilines is 1. The van der Waals surface area contributed by atoms with Crippen molar-refractivity contribution in [3.05, 3.63) is 11.9 Å². The molecule has 0 aliphatic carbocycles. The number of hydrogen-bond acceptors (Lipinski definition) is 5. The van der Waals surface area contributed by atoms with Crippen molar-refractivity contribution in [2.45, 2.75) is 13.8 Å². The number of carboxylic acids is 1. The quantitative estimate of drug-likeness (QED) is 0.858. The second-order valence-corrected chi connectivity index (χ2v) is 4.62. The summed E-state index contributed by atoms with van der Waals surface area (Å²) in [6.07, 6.45) is 1.47. The summed E-state index contributed by atoms with van der Waals surface area (Å²) in [5.41, 5.74) is 0.890. The third-order valence-electron chi connectivity index (χ3n) is 3.51. The number of carbonyl (C=O) groups is 1. The van der Waals surface area contributed by atoms with E-state index in [2.05, 4.69) is 14.9 Å². The average molecular weight is 251 g/mol. The van der Waals surface area contributed by atoms with E-state index in [0.717, 1.165) is 11.4 Å². The lowest BCUT2D eigenvalue weighted by Crippen LogP contribution is -2.51. The van der Waals surface area contributed by atoms with Crippen LogP contribution in [0.2, 0.25) is 0 Å². The molecule has 0 spiro atoms.